The van der Waals surface area contributed by atoms with Crippen molar-refractivity contribution in [2.45, 2.75) is 12.3 Å². The van der Waals surface area contributed by atoms with Crippen molar-refractivity contribution in [1.29, 1.82) is 0 Å². The van der Waals surface area contributed by atoms with Gasteiger partial charge in [-0.15, -0.1) is 18.2 Å². The fourth-order valence-corrected chi connectivity index (χ4v) is 1.25. The van der Waals surface area contributed by atoms with Gasteiger partial charge in [-0.1, -0.05) is 6.08 Å². The Labute approximate surface area is 88.1 Å². The molecule has 0 aliphatic heterocycles. The van der Waals surface area contributed by atoms with Crippen molar-refractivity contribution in [3.05, 3.63) is 42.2 Å². The third-order valence-electron chi connectivity index (χ3n) is 1.75. The second kappa shape index (κ2) is 5.66. The van der Waals surface area contributed by atoms with Gasteiger partial charge in [0.2, 0.25) is 0 Å². The molecule has 0 radical (unpaired) electrons. The van der Waals surface area contributed by atoms with Crippen LogP contribution in [0.5, 0.6) is 5.75 Å². The number of ether oxygens (including phenoxy) is 1. The molecule has 0 atom stereocenters. The Morgan fingerprint density at radius 1 is 1.50 bits per heavy atom. The minimum Gasteiger partial charge on any atom is -0.493 e. The van der Waals surface area contributed by atoms with E-state index in [1.165, 1.54) is 12.1 Å². The molecule has 0 spiro atoms. The average Bonchev–Trinajstić information content (AvgIpc) is 2.20. The first-order valence-electron chi connectivity index (χ1n) is 4.36. The Morgan fingerprint density at radius 3 is 2.93 bits per heavy atom. The summed E-state index contributed by atoms with van der Waals surface area (Å²) in [7, 11) is 0. The van der Waals surface area contributed by atoms with Crippen molar-refractivity contribution in [3.8, 4) is 5.75 Å². The molecule has 0 heterocycles. The minimum atomic E-state index is -0.295. The van der Waals surface area contributed by atoms with Crippen molar-refractivity contribution in [2.75, 3.05) is 6.61 Å². The second-order valence-corrected chi connectivity index (χ2v) is 3.08. The van der Waals surface area contributed by atoms with E-state index in [0.717, 1.165) is 6.42 Å². The lowest BCUT2D eigenvalue weighted by molar-refractivity contribution is 0.322. The minimum absolute atomic E-state index is 0.251. The molecule has 0 unspecified atom stereocenters. The van der Waals surface area contributed by atoms with Crippen LogP contribution in [0.3, 0.4) is 0 Å². The average molecular weight is 215 g/mol. The van der Waals surface area contributed by atoms with Crippen molar-refractivity contribution in [2.24, 2.45) is 0 Å². The molecule has 0 saturated carbocycles. The third kappa shape index (κ3) is 3.04. The Bertz CT molecular complexity index is 312. The molecular weight excluding hydrogens is 203 g/mol. The number of hydrogen-bond donors (Lipinski definition) is 0. The molecule has 3 heteroatoms. The SMILES string of the molecule is C=CCCOc1ccc(F)cc1CCl. The van der Waals surface area contributed by atoms with Crippen LogP contribution >= 0.6 is 11.6 Å². The van der Waals surface area contributed by atoms with Crippen LogP contribution in [0.4, 0.5) is 4.39 Å². The smallest absolute Gasteiger partial charge is 0.123 e. The van der Waals surface area contributed by atoms with E-state index >= 15 is 0 Å². The molecular formula is C11H12ClFO. The number of hydrogen-bond acceptors (Lipinski definition) is 1. The van der Waals surface area contributed by atoms with Gasteiger partial charge in [-0.25, -0.2) is 4.39 Å². The Balaban J connectivity index is 2.69. The molecule has 0 aliphatic rings. The maximum absolute atomic E-state index is 12.8. The molecule has 0 bridgehead atoms. The van der Waals surface area contributed by atoms with E-state index < -0.39 is 0 Å². The molecule has 1 aromatic carbocycles. The summed E-state index contributed by atoms with van der Waals surface area (Å²) in [6, 6.07) is 4.34. The van der Waals surface area contributed by atoms with Gasteiger partial charge in [0.15, 0.2) is 0 Å². The maximum Gasteiger partial charge on any atom is 0.123 e. The van der Waals surface area contributed by atoms with E-state index in [1.807, 2.05) is 0 Å². The van der Waals surface area contributed by atoms with E-state index in [1.54, 1.807) is 12.1 Å². The molecule has 76 valence electrons. The maximum atomic E-state index is 12.8. The topological polar surface area (TPSA) is 9.23 Å². The first-order chi connectivity index (χ1) is 6.77. The van der Waals surface area contributed by atoms with Gasteiger partial charge in [0.1, 0.15) is 11.6 Å². The summed E-state index contributed by atoms with van der Waals surface area (Å²) in [5.74, 6) is 0.598. The van der Waals surface area contributed by atoms with Crippen molar-refractivity contribution in [3.63, 3.8) is 0 Å². The molecule has 0 aliphatic carbocycles. The van der Waals surface area contributed by atoms with Crippen LogP contribution < -0.4 is 4.74 Å². The number of halogens is 2. The largest absolute Gasteiger partial charge is 0.493 e. The third-order valence-corrected chi connectivity index (χ3v) is 2.03. The van der Waals surface area contributed by atoms with E-state index in [-0.39, 0.29) is 11.7 Å². The normalized spacial score (nSPS) is 9.86. The summed E-state index contributed by atoms with van der Waals surface area (Å²) in [6.45, 7) is 4.12. The van der Waals surface area contributed by atoms with Gasteiger partial charge in [-0.05, 0) is 24.6 Å². The van der Waals surface area contributed by atoms with Gasteiger partial charge in [0, 0.05) is 5.56 Å². The van der Waals surface area contributed by atoms with Crippen LogP contribution in [0.1, 0.15) is 12.0 Å². The summed E-state index contributed by atoms with van der Waals surface area (Å²) in [5.41, 5.74) is 0.677. The molecule has 14 heavy (non-hydrogen) atoms. The molecule has 0 N–H and O–H groups in total. The van der Waals surface area contributed by atoms with Gasteiger partial charge in [-0.3, -0.25) is 0 Å². The predicted octanol–water partition coefficient (Wildman–Crippen LogP) is 3.52. The highest BCUT2D eigenvalue weighted by Crippen LogP contribution is 2.21. The zero-order valence-electron chi connectivity index (χ0n) is 7.80. The van der Waals surface area contributed by atoms with E-state index in [4.69, 9.17) is 16.3 Å². The standard InChI is InChI=1S/C11H12ClFO/c1-2-3-6-14-11-5-4-10(13)7-9(11)8-12/h2,4-5,7H,1,3,6,8H2. The molecule has 1 aromatic rings. The zero-order chi connectivity index (χ0) is 10.4. The summed E-state index contributed by atoms with van der Waals surface area (Å²) >= 11 is 5.65. The van der Waals surface area contributed by atoms with Crippen LogP contribution in [-0.2, 0) is 5.88 Å². The van der Waals surface area contributed by atoms with Crippen molar-refractivity contribution < 1.29 is 9.13 Å². The first kappa shape index (κ1) is 11.1. The van der Waals surface area contributed by atoms with E-state index in [9.17, 15) is 4.39 Å². The van der Waals surface area contributed by atoms with Crippen LogP contribution in [0.25, 0.3) is 0 Å². The second-order valence-electron chi connectivity index (χ2n) is 2.81. The summed E-state index contributed by atoms with van der Waals surface area (Å²) < 4.78 is 18.2. The summed E-state index contributed by atoms with van der Waals surface area (Å²) in [5, 5.41) is 0. The van der Waals surface area contributed by atoms with Crippen LogP contribution in [0.15, 0.2) is 30.9 Å². The zero-order valence-corrected chi connectivity index (χ0v) is 8.56. The van der Waals surface area contributed by atoms with E-state index in [2.05, 4.69) is 6.58 Å². The fourth-order valence-electron chi connectivity index (χ4n) is 1.05. The fraction of sp³-hybridized carbons (Fsp3) is 0.273. The monoisotopic (exact) mass is 214 g/mol. The Morgan fingerprint density at radius 2 is 2.29 bits per heavy atom. The lowest BCUT2D eigenvalue weighted by atomic mass is 10.2. The van der Waals surface area contributed by atoms with Gasteiger partial charge >= 0.3 is 0 Å². The summed E-state index contributed by atoms with van der Waals surface area (Å²) in [6.07, 6.45) is 2.53. The number of rotatable bonds is 5. The van der Waals surface area contributed by atoms with Gasteiger partial charge in [0.05, 0.1) is 12.5 Å². The van der Waals surface area contributed by atoms with Gasteiger partial charge in [-0.2, -0.15) is 0 Å². The van der Waals surface area contributed by atoms with Gasteiger partial charge in [0.25, 0.3) is 0 Å². The lowest BCUT2D eigenvalue weighted by Crippen LogP contribution is -1.98. The van der Waals surface area contributed by atoms with E-state index in [0.29, 0.717) is 17.9 Å². The first-order valence-corrected chi connectivity index (χ1v) is 4.89. The highest BCUT2D eigenvalue weighted by molar-refractivity contribution is 6.17. The van der Waals surface area contributed by atoms with Crippen LogP contribution in [0.2, 0.25) is 0 Å². The Hall–Kier alpha value is -1.02. The Kier molecular flexibility index (Phi) is 4.47. The van der Waals surface area contributed by atoms with Crippen LogP contribution in [0, 0.1) is 5.82 Å². The molecule has 0 amide bonds. The quantitative estimate of drug-likeness (QED) is 0.414. The molecule has 1 nitrogen and oxygen atoms in total. The highest BCUT2D eigenvalue weighted by Gasteiger charge is 2.03. The molecule has 1 rings (SSSR count). The van der Waals surface area contributed by atoms with Crippen molar-refractivity contribution in [1.82, 2.24) is 0 Å². The lowest BCUT2D eigenvalue weighted by Gasteiger charge is -2.08. The van der Waals surface area contributed by atoms with Crippen LogP contribution in [-0.4, -0.2) is 6.61 Å². The van der Waals surface area contributed by atoms with Gasteiger partial charge < -0.3 is 4.74 Å². The predicted molar refractivity (Wildman–Crippen MR) is 56.3 cm³/mol. The molecule has 0 saturated heterocycles. The highest BCUT2D eigenvalue weighted by atomic mass is 35.5. The summed E-state index contributed by atoms with van der Waals surface area (Å²) in [4.78, 5) is 0. The van der Waals surface area contributed by atoms with Crippen molar-refractivity contribution >= 4 is 11.6 Å². The molecule has 0 fully saturated rings. The molecule has 0 aromatic heterocycles. The number of benzene rings is 1. The number of alkyl halides is 1.